The van der Waals surface area contributed by atoms with Gasteiger partial charge in [0.05, 0.1) is 22.5 Å². The molecule has 0 spiro atoms. The van der Waals surface area contributed by atoms with Gasteiger partial charge in [0, 0.05) is 37.5 Å². The van der Waals surface area contributed by atoms with Crippen LogP contribution < -0.4 is 14.8 Å². The van der Waals surface area contributed by atoms with Gasteiger partial charge >= 0.3 is 5.97 Å². The molecule has 9 nitrogen and oxygen atoms in total. The largest absolute Gasteiger partial charge is 0.490 e. The maximum Gasteiger partial charge on any atom is 0.309 e. The topological polar surface area (TPSA) is 108 Å². The van der Waals surface area contributed by atoms with Crippen LogP contribution in [0.3, 0.4) is 0 Å². The summed E-state index contributed by atoms with van der Waals surface area (Å²) in [5.74, 6) is 5.64. The second-order valence-electron chi connectivity index (χ2n) is 14.7. The quantitative estimate of drug-likeness (QED) is 0.142. The first-order valence-electron chi connectivity index (χ1n) is 17.7. The summed E-state index contributed by atoms with van der Waals surface area (Å²) in [6.07, 6.45) is 1.84. The number of carboxylic acids is 1. The molecule has 274 valence electrons. The zero-order chi connectivity index (χ0) is 37.2. The SMILES string of the molecule is Cc1cc(Cl)c(OCCOc2ccc(C3N(C(=O)CCC(C)(C)C(=O)O)C[C@@H]4C#CC[C@@]3(C(=O)N(Cc3ccccc3F)C3CC3)N4)cc2)cc1C. The third-order valence-electron chi connectivity index (χ3n) is 10.4. The van der Waals surface area contributed by atoms with Crippen molar-refractivity contribution in [3.05, 3.63) is 93.8 Å². The molecule has 0 aromatic heterocycles. The molecule has 1 saturated carbocycles. The van der Waals surface area contributed by atoms with Crippen LogP contribution in [0.15, 0.2) is 60.7 Å². The Balaban J connectivity index is 1.28. The van der Waals surface area contributed by atoms with Crippen LogP contribution in [0.25, 0.3) is 0 Å². The number of nitrogens with zero attached hydrogens (tertiary/aromatic N) is 2. The number of aliphatic carboxylic acids is 1. The molecule has 2 bridgehead atoms. The minimum absolute atomic E-state index is 0.0203. The van der Waals surface area contributed by atoms with E-state index in [1.54, 1.807) is 54.0 Å². The van der Waals surface area contributed by atoms with E-state index in [1.165, 1.54) is 6.07 Å². The van der Waals surface area contributed by atoms with Gasteiger partial charge in [0.25, 0.3) is 0 Å². The lowest BCUT2D eigenvalue weighted by Gasteiger charge is -2.53. The van der Waals surface area contributed by atoms with E-state index in [0.29, 0.717) is 27.6 Å². The summed E-state index contributed by atoms with van der Waals surface area (Å²) < 4.78 is 26.8. The number of aryl methyl sites for hydroxylation is 2. The Bertz CT molecular complexity index is 1900. The van der Waals surface area contributed by atoms with Crippen molar-refractivity contribution >= 4 is 29.4 Å². The number of ether oxygens (including phenoxy) is 2. The van der Waals surface area contributed by atoms with E-state index >= 15 is 4.79 Å². The Labute approximate surface area is 309 Å². The molecular weight excluding hydrogens is 685 g/mol. The van der Waals surface area contributed by atoms with Gasteiger partial charge in [-0.1, -0.05) is 53.8 Å². The third kappa shape index (κ3) is 7.91. The van der Waals surface area contributed by atoms with Gasteiger partial charge in [0.2, 0.25) is 11.8 Å². The molecule has 52 heavy (non-hydrogen) atoms. The predicted molar refractivity (Wildman–Crippen MR) is 195 cm³/mol. The minimum Gasteiger partial charge on any atom is -0.490 e. The van der Waals surface area contributed by atoms with Gasteiger partial charge < -0.3 is 24.4 Å². The van der Waals surface area contributed by atoms with Crippen molar-refractivity contribution in [1.82, 2.24) is 15.1 Å². The summed E-state index contributed by atoms with van der Waals surface area (Å²) in [5.41, 5.74) is 0.819. The van der Waals surface area contributed by atoms with Crippen LogP contribution in [0, 0.1) is 36.9 Å². The summed E-state index contributed by atoms with van der Waals surface area (Å²) in [6, 6.07) is 16.2. The van der Waals surface area contributed by atoms with Crippen molar-refractivity contribution in [3.8, 4) is 23.3 Å². The Morgan fingerprint density at radius 3 is 2.44 bits per heavy atom. The van der Waals surface area contributed by atoms with Crippen LogP contribution in [-0.2, 0) is 20.9 Å². The number of carbonyl (C=O) groups excluding carboxylic acids is 2. The van der Waals surface area contributed by atoms with E-state index in [2.05, 4.69) is 17.2 Å². The number of hydrogen-bond donors (Lipinski definition) is 2. The smallest absolute Gasteiger partial charge is 0.309 e. The van der Waals surface area contributed by atoms with E-state index in [-0.39, 0.29) is 69.2 Å². The monoisotopic (exact) mass is 729 g/mol. The van der Waals surface area contributed by atoms with Crippen molar-refractivity contribution in [1.29, 1.82) is 0 Å². The Kier molecular flexibility index (Phi) is 10.8. The first-order valence-corrected chi connectivity index (χ1v) is 18.1. The van der Waals surface area contributed by atoms with Crippen LogP contribution in [0.2, 0.25) is 5.02 Å². The molecular formula is C41H45ClFN3O6. The van der Waals surface area contributed by atoms with Crippen LogP contribution in [0.5, 0.6) is 11.5 Å². The van der Waals surface area contributed by atoms with Crippen molar-refractivity contribution < 1.29 is 33.4 Å². The van der Waals surface area contributed by atoms with E-state index in [9.17, 15) is 19.1 Å². The number of piperazine rings is 1. The van der Waals surface area contributed by atoms with Crippen molar-refractivity contribution in [3.63, 3.8) is 0 Å². The fourth-order valence-electron chi connectivity index (χ4n) is 6.92. The zero-order valence-electron chi connectivity index (χ0n) is 30.0. The number of fused-ring (bicyclic) bond motifs is 2. The summed E-state index contributed by atoms with van der Waals surface area (Å²) in [4.78, 5) is 44.5. The molecule has 6 rings (SSSR count). The number of carbonyl (C=O) groups is 3. The number of nitrogens with one attached hydrogen (secondary N) is 1. The highest BCUT2D eigenvalue weighted by molar-refractivity contribution is 6.32. The maximum atomic E-state index is 15.0. The standard InChI is InChI=1S/C41H45ClFN3O6/c1-26-22-33(42)35(23-27(26)2)52-21-20-51-32-15-11-28(12-16-32)37-41(38(48)45(31-13-14-31)24-29-8-5-6-10-34(29)43)18-7-9-30(44-41)25-46(37)36(47)17-19-40(3,4)39(49)50/h5-6,8,10-12,15-16,22-23,30-31,37,44H,13-14,17-21,24-25H2,1-4H3,(H,49,50)/t30-,37?,41+/m0/s1. The summed E-state index contributed by atoms with van der Waals surface area (Å²) >= 11 is 6.36. The molecule has 1 aliphatic carbocycles. The van der Waals surface area contributed by atoms with E-state index in [1.807, 2.05) is 38.1 Å². The lowest BCUT2D eigenvalue weighted by molar-refractivity contribution is -0.152. The average Bonchev–Trinajstić information content (AvgIpc) is 3.96. The average molecular weight is 730 g/mol. The lowest BCUT2D eigenvalue weighted by Crippen LogP contribution is -2.73. The number of benzene rings is 3. The zero-order valence-corrected chi connectivity index (χ0v) is 30.8. The molecule has 1 saturated heterocycles. The molecule has 3 aromatic rings. The number of carboxylic acid groups (broad SMARTS) is 1. The van der Waals surface area contributed by atoms with E-state index < -0.39 is 29.0 Å². The maximum absolute atomic E-state index is 15.0. The molecule has 2 N–H and O–H groups in total. The molecule has 3 atom stereocenters. The fourth-order valence-corrected chi connectivity index (χ4v) is 7.20. The van der Waals surface area contributed by atoms with Gasteiger partial charge in [-0.05, 0) is 94.0 Å². The van der Waals surface area contributed by atoms with Gasteiger partial charge in [0.1, 0.15) is 36.1 Å². The summed E-state index contributed by atoms with van der Waals surface area (Å²) in [6.45, 7) is 8.00. The molecule has 2 aliphatic heterocycles. The molecule has 2 fully saturated rings. The lowest BCUT2D eigenvalue weighted by atomic mass is 9.75. The highest BCUT2D eigenvalue weighted by Gasteiger charge is 2.57. The molecule has 0 radical (unpaired) electrons. The van der Waals surface area contributed by atoms with Crippen LogP contribution in [0.1, 0.15) is 74.2 Å². The molecule has 3 aliphatic rings. The van der Waals surface area contributed by atoms with Gasteiger partial charge in [-0.2, -0.15) is 0 Å². The molecule has 1 unspecified atom stereocenters. The van der Waals surface area contributed by atoms with E-state index in [0.717, 1.165) is 24.0 Å². The Hall–Kier alpha value is -4.59. The van der Waals surface area contributed by atoms with Crippen LogP contribution >= 0.6 is 11.6 Å². The van der Waals surface area contributed by atoms with Crippen LogP contribution in [0.4, 0.5) is 4.39 Å². The Morgan fingerprint density at radius 1 is 1.06 bits per heavy atom. The van der Waals surface area contributed by atoms with E-state index in [4.69, 9.17) is 21.1 Å². The molecule has 2 amide bonds. The first kappa shape index (κ1) is 37.2. The van der Waals surface area contributed by atoms with Crippen molar-refractivity contribution in [2.45, 2.75) is 90.0 Å². The number of amides is 2. The predicted octanol–water partition coefficient (Wildman–Crippen LogP) is 6.62. The Morgan fingerprint density at radius 2 is 1.75 bits per heavy atom. The summed E-state index contributed by atoms with van der Waals surface area (Å²) in [7, 11) is 0. The summed E-state index contributed by atoms with van der Waals surface area (Å²) in [5, 5.41) is 13.8. The van der Waals surface area contributed by atoms with Gasteiger partial charge in [-0.25, -0.2) is 4.39 Å². The molecule has 3 aromatic carbocycles. The normalized spacial score (nSPS) is 20.8. The molecule has 2 heterocycles. The highest BCUT2D eigenvalue weighted by Crippen LogP contribution is 2.44. The number of hydrogen-bond acceptors (Lipinski definition) is 6. The fraction of sp³-hybridized carbons (Fsp3) is 0.439. The van der Waals surface area contributed by atoms with Crippen molar-refractivity contribution in [2.24, 2.45) is 5.41 Å². The van der Waals surface area contributed by atoms with Crippen molar-refractivity contribution in [2.75, 3.05) is 19.8 Å². The van der Waals surface area contributed by atoms with Gasteiger partial charge in [-0.15, -0.1) is 0 Å². The highest BCUT2D eigenvalue weighted by atomic mass is 35.5. The third-order valence-corrected chi connectivity index (χ3v) is 10.7. The first-order chi connectivity index (χ1) is 24.8. The number of halogens is 2. The van der Waals surface area contributed by atoms with Crippen LogP contribution in [-0.4, -0.2) is 70.1 Å². The van der Waals surface area contributed by atoms with Gasteiger partial charge in [-0.3, -0.25) is 19.7 Å². The minimum atomic E-state index is -1.33. The molecule has 11 heteroatoms. The second kappa shape index (κ2) is 15.2. The second-order valence-corrected chi connectivity index (χ2v) is 15.1. The number of rotatable bonds is 14. The van der Waals surface area contributed by atoms with Gasteiger partial charge in [0.15, 0.2) is 0 Å².